The lowest BCUT2D eigenvalue weighted by molar-refractivity contribution is 0.414. The Balaban J connectivity index is 1.86. The van der Waals surface area contributed by atoms with Gasteiger partial charge in [-0.15, -0.1) is 0 Å². The number of benzene rings is 2. The first-order valence-corrected chi connectivity index (χ1v) is 8.10. The average molecular weight is 360 g/mol. The molecule has 0 radical (unpaired) electrons. The zero-order chi connectivity index (χ0) is 19.0. The summed E-state index contributed by atoms with van der Waals surface area (Å²) in [5.74, 6) is 0.359. The molecule has 27 heavy (non-hydrogen) atoms. The number of pyridine rings is 1. The van der Waals surface area contributed by atoms with Gasteiger partial charge in [-0.1, -0.05) is 0 Å². The van der Waals surface area contributed by atoms with E-state index in [4.69, 9.17) is 14.4 Å². The van der Waals surface area contributed by atoms with Gasteiger partial charge in [0.25, 0.3) is 5.56 Å². The van der Waals surface area contributed by atoms with E-state index in [1.807, 2.05) is 6.07 Å². The van der Waals surface area contributed by atoms with Crippen LogP contribution in [-0.2, 0) is 0 Å². The highest BCUT2D eigenvalue weighted by Gasteiger charge is 2.16. The molecule has 0 spiro atoms. The largest absolute Gasteiger partial charge is 0.497 e. The fourth-order valence-electron chi connectivity index (χ4n) is 2.87. The summed E-state index contributed by atoms with van der Waals surface area (Å²) in [6.45, 7) is 0. The first-order chi connectivity index (χ1) is 13.1. The number of nitriles is 1. The first-order valence-electron chi connectivity index (χ1n) is 8.10. The molecule has 0 fully saturated rings. The quantitative estimate of drug-likeness (QED) is 0.547. The molecule has 5 nitrogen and oxygen atoms in total. The third kappa shape index (κ3) is 2.85. The minimum Gasteiger partial charge on any atom is -0.497 e. The van der Waals surface area contributed by atoms with Crippen LogP contribution in [0.5, 0.6) is 5.75 Å². The number of ether oxygens (including phenoxy) is 1. The molecule has 0 saturated carbocycles. The third-order valence-corrected chi connectivity index (χ3v) is 4.29. The van der Waals surface area contributed by atoms with Crippen LogP contribution in [0, 0.1) is 17.1 Å². The van der Waals surface area contributed by atoms with E-state index in [1.54, 1.807) is 55.6 Å². The minimum absolute atomic E-state index is 0.0934. The molecule has 2 heterocycles. The lowest BCUT2D eigenvalue weighted by atomic mass is 10.1. The van der Waals surface area contributed by atoms with Crippen molar-refractivity contribution in [3.63, 3.8) is 0 Å². The molecule has 0 unspecified atom stereocenters. The Kier molecular flexibility index (Phi) is 3.98. The second-order valence-electron chi connectivity index (χ2n) is 5.89. The second-order valence-corrected chi connectivity index (χ2v) is 5.89. The van der Waals surface area contributed by atoms with Crippen LogP contribution in [0.2, 0.25) is 0 Å². The van der Waals surface area contributed by atoms with Gasteiger partial charge in [-0.3, -0.25) is 9.36 Å². The van der Waals surface area contributed by atoms with E-state index in [0.717, 1.165) is 6.20 Å². The predicted octanol–water partition coefficient (Wildman–Crippen LogP) is 4.27. The van der Waals surface area contributed by atoms with E-state index in [0.29, 0.717) is 28.3 Å². The van der Waals surface area contributed by atoms with E-state index < -0.39 is 5.82 Å². The standard InChI is InChI=1S/C21H13FN2O3/c1-26-16-8-6-15(7-9-16)24-12-18(22)20-17(21(24)25)10-19(27-20)14-4-2-13(11-23)3-5-14/h2-10,12H,1H3. The molecular weight excluding hydrogens is 347 g/mol. The van der Waals surface area contributed by atoms with Gasteiger partial charge in [-0.25, -0.2) is 4.39 Å². The lowest BCUT2D eigenvalue weighted by Gasteiger charge is -2.07. The topological polar surface area (TPSA) is 68.2 Å². The maximum Gasteiger partial charge on any atom is 0.266 e. The Bertz CT molecular complexity index is 1230. The second kappa shape index (κ2) is 6.46. The summed E-state index contributed by atoms with van der Waals surface area (Å²) >= 11 is 0. The predicted molar refractivity (Wildman–Crippen MR) is 98.5 cm³/mol. The SMILES string of the molecule is COc1ccc(-n2cc(F)c3oc(-c4ccc(C#N)cc4)cc3c2=O)cc1. The van der Waals surface area contributed by atoms with Crippen molar-refractivity contribution in [1.29, 1.82) is 5.26 Å². The molecule has 0 aliphatic rings. The van der Waals surface area contributed by atoms with Crippen LogP contribution in [-0.4, -0.2) is 11.7 Å². The number of rotatable bonds is 3. The van der Waals surface area contributed by atoms with E-state index in [1.165, 1.54) is 10.6 Å². The van der Waals surface area contributed by atoms with Gasteiger partial charge in [0.1, 0.15) is 11.5 Å². The van der Waals surface area contributed by atoms with E-state index >= 15 is 0 Å². The van der Waals surface area contributed by atoms with Gasteiger partial charge in [0, 0.05) is 11.3 Å². The molecular formula is C21H13FN2O3. The summed E-state index contributed by atoms with van der Waals surface area (Å²) in [4.78, 5) is 12.8. The number of hydrogen-bond donors (Lipinski definition) is 0. The summed E-state index contributed by atoms with van der Waals surface area (Å²) in [7, 11) is 1.54. The summed E-state index contributed by atoms with van der Waals surface area (Å²) in [6, 6.07) is 16.9. The van der Waals surface area contributed by atoms with E-state index in [-0.39, 0.29) is 16.5 Å². The van der Waals surface area contributed by atoms with Gasteiger partial charge in [0.05, 0.1) is 30.3 Å². The number of furan rings is 1. The Morgan fingerprint density at radius 2 is 1.81 bits per heavy atom. The highest BCUT2D eigenvalue weighted by atomic mass is 19.1. The van der Waals surface area contributed by atoms with Crippen molar-refractivity contribution in [2.45, 2.75) is 0 Å². The lowest BCUT2D eigenvalue weighted by Crippen LogP contribution is -2.18. The van der Waals surface area contributed by atoms with E-state index in [9.17, 15) is 9.18 Å². The fourth-order valence-corrected chi connectivity index (χ4v) is 2.87. The molecule has 0 bridgehead atoms. The molecule has 0 aliphatic carbocycles. The monoisotopic (exact) mass is 360 g/mol. The van der Waals surface area contributed by atoms with Gasteiger partial charge in [0.2, 0.25) is 0 Å². The molecule has 0 amide bonds. The normalized spacial score (nSPS) is 10.7. The molecule has 4 aromatic rings. The molecule has 0 saturated heterocycles. The van der Waals surface area contributed by atoms with Gasteiger partial charge < -0.3 is 9.15 Å². The van der Waals surface area contributed by atoms with Crippen LogP contribution < -0.4 is 10.3 Å². The molecule has 2 aromatic carbocycles. The van der Waals surface area contributed by atoms with Gasteiger partial charge in [-0.2, -0.15) is 5.26 Å². The van der Waals surface area contributed by atoms with Crippen molar-refractivity contribution in [3.05, 3.63) is 82.5 Å². The van der Waals surface area contributed by atoms with Crippen LogP contribution in [0.1, 0.15) is 5.56 Å². The fraction of sp³-hybridized carbons (Fsp3) is 0.0476. The van der Waals surface area contributed by atoms with Crippen LogP contribution in [0.25, 0.3) is 28.0 Å². The van der Waals surface area contributed by atoms with Gasteiger partial charge >= 0.3 is 0 Å². The zero-order valence-corrected chi connectivity index (χ0v) is 14.3. The van der Waals surface area contributed by atoms with Crippen molar-refractivity contribution >= 4 is 11.0 Å². The summed E-state index contributed by atoms with van der Waals surface area (Å²) in [6.07, 6.45) is 1.11. The van der Waals surface area contributed by atoms with Crippen LogP contribution in [0.15, 0.2) is 70.0 Å². The van der Waals surface area contributed by atoms with Crippen LogP contribution >= 0.6 is 0 Å². The number of methoxy groups -OCH3 is 1. The Morgan fingerprint density at radius 3 is 2.44 bits per heavy atom. The minimum atomic E-state index is -0.639. The van der Waals surface area contributed by atoms with Crippen LogP contribution in [0.3, 0.4) is 0 Å². The van der Waals surface area contributed by atoms with E-state index in [2.05, 4.69) is 0 Å². The van der Waals surface area contributed by atoms with Crippen molar-refractivity contribution < 1.29 is 13.5 Å². The maximum atomic E-state index is 14.6. The number of fused-ring (bicyclic) bond motifs is 1. The van der Waals surface area contributed by atoms with Gasteiger partial charge in [0.15, 0.2) is 11.4 Å². The molecule has 4 rings (SSSR count). The molecule has 0 atom stereocenters. The maximum absolute atomic E-state index is 14.6. The van der Waals surface area contributed by atoms with Crippen molar-refractivity contribution in [3.8, 4) is 28.8 Å². The molecule has 6 heteroatoms. The molecule has 0 aliphatic heterocycles. The summed E-state index contributed by atoms with van der Waals surface area (Å²) in [5, 5.41) is 9.03. The highest BCUT2D eigenvalue weighted by molar-refractivity contribution is 5.82. The Hall–Kier alpha value is -3.85. The molecule has 132 valence electrons. The van der Waals surface area contributed by atoms with Crippen molar-refractivity contribution in [2.24, 2.45) is 0 Å². The number of nitrogens with zero attached hydrogens (tertiary/aromatic N) is 2. The third-order valence-electron chi connectivity index (χ3n) is 4.29. The van der Waals surface area contributed by atoms with Crippen molar-refractivity contribution in [2.75, 3.05) is 7.11 Å². The van der Waals surface area contributed by atoms with Crippen LogP contribution in [0.4, 0.5) is 4.39 Å². The number of halogens is 1. The Morgan fingerprint density at radius 1 is 1.11 bits per heavy atom. The smallest absolute Gasteiger partial charge is 0.266 e. The first kappa shape index (κ1) is 16.6. The molecule has 2 aromatic heterocycles. The van der Waals surface area contributed by atoms with Gasteiger partial charge in [-0.05, 0) is 54.6 Å². The number of aromatic nitrogens is 1. The summed E-state index contributed by atoms with van der Waals surface area (Å²) < 4.78 is 26.5. The highest BCUT2D eigenvalue weighted by Crippen LogP contribution is 2.28. The van der Waals surface area contributed by atoms with Crippen molar-refractivity contribution in [1.82, 2.24) is 4.57 Å². The number of hydrogen-bond acceptors (Lipinski definition) is 4. The molecule has 0 N–H and O–H groups in total. The average Bonchev–Trinajstić information content (AvgIpc) is 3.17. The Labute approximate surface area is 153 Å². The zero-order valence-electron chi connectivity index (χ0n) is 14.3. The summed E-state index contributed by atoms with van der Waals surface area (Å²) in [5.41, 5.74) is 1.19.